The number of aryl methyl sites for hydroxylation is 1. The van der Waals surface area contributed by atoms with E-state index in [-0.39, 0.29) is 4.34 Å². The molecule has 2 aromatic rings. The Hall–Kier alpha value is -1.22. The largest absolute Gasteiger partial charge is 0.252 e. The number of aromatic nitrogens is 3. The number of rotatable bonds is 2. The van der Waals surface area contributed by atoms with Crippen LogP contribution in [0.5, 0.6) is 0 Å². The van der Waals surface area contributed by atoms with Crippen LogP contribution < -0.4 is 0 Å². The summed E-state index contributed by atoms with van der Waals surface area (Å²) in [7, 11) is 0. The van der Waals surface area contributed by atoms with Gasteiger partial charge in [-0.3, -0.25) is 0 Å². The number of halogens is 4. The SMILES string of the molecule is Cc1nnc(Sc2c(F)c(F)nc(F)c2F)s1. The van der Waals surface area contributed by atoms with E-state index < -0.39 is 28.4 Å². The molecular formula is C8H3F4N3S2. The van der Waals surface area contributed by atoms with Crippen molar-refractivity contribution in [1.29, 1.82) is 0 Å². The lowest BCUT2D eigenvalue weighted by Gasteiger charge is -2.02. The molecule has 0 atom stereocenters. The van der Waals surface area contributed by atoms with Gasteiger partial charge in [-0.1, -0.05) is 23.1 Å². The molecule has 0 fully saturated rings. The minimum atomic E-state index is -1.69. The first-order valence-corrected chi connectivity index (χ1v) is 5.80. The summed E-state index contributed by atoms with van der Waals surface area (Å²) in [5.41, 5.74) is 0. The van der Waals surface area contributed by atoms with Crippen molar-refractivity contribution in [2.24, 2.45) is 0 Å². The van der Waals surface area contributed by atoms with Crippen LogP contribution in [0.4, 0.5) is 17.6 Å². The van der Waals surface area contributed by atoms with Crippen molar-refractivity contribution < 1.29 is 17.6 Å². The maximum absolute atomic E-state index is 13.2. The Morgan fingerprint density at radius 3 is 2.06 bits per heavy atom. The Morgan fingerprint density at radius 2 is 1.59 bits per heavy atom. The highest BCUT2D eigenvalue weighted by Gasteiger charge is 2.22. The van der Waals surface area contributed by atoms with E-state index in [0.717, 1.165) is 11.3 Å². The molecule has 2 rings (SSSR count). The number of hydrogen-bond acceptors (Lipinski definition) is 5. The van der Waals surface area contributed by atoms with Gasteiger partial charge in [0.25, 0.3) is 11.9 Å². The predicted molar refractivity (Wildman–Crippen MR) is 52.8 cm³/mol. The number of pyridine rings is 1. The summed E-state index contributed by atoms with van der Waals surface area (Å²) in [4.78, 5) is 1.64. The molecular weight excluding hydrogens is 278 g/mol. The van der Waals surface area contributed by atoms with Gasteiger partial charge in [-0.25, -0.2) is 8.78 Å². The Bertz CT molecular complexity index is 546. The third kappa shape index (κ3) is 2.39. The highest BCUT2D eigenvalue weighted by molar-refractivity contribution is 8.01. The molecule has 0 aromatic carbocycles. The Balaban J connectivity index is 2.45. The molecule has 0 unspecified atom stereocenters. The minimum absolute atomic E-state index is 0.185. The molecule has 0 radical (unpaired) electrons. The highest BCUT2D eigenvalue weighted by atomic mass is 32.2. The van der Waals surface area contributed by atoms with Crippen molar-refractivity contribution in [2.75, 3.05) is 0 Å². The van der Waals surface area contributed by atoms with Gasteiger partial charge < -0.3 is 0 Å². The first kappa shape index (κ1) is 12.2. The van der Waals surface area contributed by atoms with Gasteiger partial charge in [0.1, 0.15) is 5.01 Å². The lowest BCUT2D eigenvalue weighted by molar-refractivity contribution is 0.383. The van der Waals surface area contributed by atoms with Gasteiger partial charge in [0.15, 0.2) is 16.0 Å². The van der Waals surface area contributed by atoms with E-state index in [1.807, 2.05) is 0 Å². The Morgan fingerprint density at radius 1 is 1.00 bits per heavy atom. The quantitative estimate of drug-likeness (QED) is 0.626. The van der Waals surface area contributed by atoms with Crippen LogP contribution in [0.1, 0.15) is 5.01 Å². The predicted octanol–water partition coefficient (Wildman–Crippen LogP) is 2.95. The fraction of sp³-hybridized carbons (Fsp3) is 0.125. The van der Waals surface area contributed by atoms with E-state index in [2.05, 4.69) is 15.2 Å². The van der Waals surface area contributed by atoms with Crippen molar-refractivity contribution in [3.05, 3.63) is 28.5 Å². The second kappa shape index (κ2) is 4.57. The average Bonchev–Trinajstić information content (AvgIpc) is 2.68. The van der Waals surface area contributed by atoms with E-state index in [9.17, 15) is 17.6 Å². The molecule has 2 heterocycles. The minimum Gasteiger partial charge on any atom is -0.201 e. The van der Waals surface area contributed by atoms with Crippen molar-refractivity contribution in [2.45, 2.75) is 16.2 Å². The summed E-state index contributed by atoms with van der Waals surface area (Å²) >= 11 is 1.52. The van der Waals surface area contributed by atoms with Crippen molar-refractivity contribution in [3.63, 3.8) is 0 Å². The molecule has 90 valence electrons. The molecule has 3 nitrogen and oxygen atoms in total. The maximum Gasteiger partial charge on any atom is 0.252 e. The monoisotopic (exact) mass is 281 g/mol. The van der Waals surface area contributed by atoms with Gasteiger partial charge in [0, 0.05) is 0 Å². The smallest absolute Gasteiger partial charge is 0.201 e. The summed E-state index contributed by atoms with van der Waals surface area (Å²) in [6.45, 7) is 1.64. The van der Waals surface area contributed by atoms with Gasteiger partial charge in [-0.15, -0.1) is 10.2 Å². The fourth-order valence-corrected chi connectivity index (χ4v) is 2.76. The van der Waals surface area contributed by atoms with Crippen LogP contribution in [-0.4, -0.2) is 15.2 Å². The number of hydrogen-bond donors (Lipinski definition) is 0. The molecule has 0 saturated heterocycles. The van der Waals surface area contributed by atoms with Crippen molar-refractivity contribution in [3.8, 4) is 0 Å². The molecule has 0 N–H and O–H groups in total. The van der Waals surface area contributed by atoms with E-state index in [4.69, 9.17) is 0 Å². The molecule has 0 aliphatic rings. The fourth-order valence-electron chi connectivity index (χ4n) is 0.965. The first-order valence-electron chi connectivity index (χ1n) is 4.17. The highest BCUT2D eigenvalue weighted by Crippen LogP contribution is 2.34. The zero-order chi connectivity index (χ0) is 12.6. The van der Waals surface area contributed by atoms with Crippen LogP contribution in [0, 0.1) is 30.5 Å². The van der Waals surface area contributed by atoms with Crippen molar-refractivity contribution in [1.82, 2.24) is 15.2 Å². The summed E-state index contributed by atoms with van der Waals surface area (Å²) in [5.74, 6) is -6.45. The standard InChI is InChI=1S/C8H3F4N3S2/c1-2-14-15-8(16-2)17-5-3(9)6(11)13-7(12)4(5)10/h1H3. The summed E-state index contributed by atoms with van der Waals surface area (Å²) in [5, 5.41) is 7.77. The van der Waals surface area contributed by atoms with E-state index in [0.29, 0.717) is 16.8 Å². The zero-order valence-electron chi connectivity index (χ0n) is 8.17. The molecule has 2 aromatic heterocycles. The van der Waals surface area contributed by atoms with Crippen LogP contribution in [0.2, 0.25) is 0 Å². The zero-order valence-corrected chi connectivity index (χ0v) is 9.80. The molecule has 0 bridgehead atoms. The van der Waals surface area contributed by atoms with Crippen LogP contribution >= 0.6 is 23.1 Å². The lowest BCUT2D eigenvalue weighted by Crippen LogP contribution is -2.01. The van der Waals surface area contributed by atoms with Gasteiger partial charge >= 0.3 is 0 Å². The second-order valence-electron chi connectivity index (χ2n) is 2.84. The van der Waals surface area contributed by atoms with Gasteiger partial charge in [0.05, 0.1) is 4.90 Å². The third-order valence-electron chi connectivity index (χ3n) is 1.65. The lowest BCUT2D eigenvalue weighted by atomic mass is 10.4. The Labute approximate surface area is 101 Å². The van der Waals surface area contributed by atoms with E-state index in [1.165, 1.54) is 0 Å². The van der Waals surface area contributed by atoms with Gasteiger partial charge in [-0.2, -0.15) is 13.8 Å². The Kier molecular flexibility index (Phi) is 3.29. The molecule has 0 aliphatic carbocycles. The second-order valence-corrected chi connectivity index (χ2v) is 5.28. The summed E-state index contributed by atoms with van der Waals surface area (Å²) in [6, 6.07) is 0. The third-order valence-corrected chi connectivity index (χ3v) is 3.61. The number of nitrogens with zero attached hydrogens (tertiary/aromatic N) is 3. The van der Waals surface area contributed by atoms with Crippen LogP contribution in [0.3, 0.4) is 0 Å². The normalized spacial score (nSPS) is 10.9. The molecule has 0 aliphatic heterocycles. The van der Waals surface area contributed by atoms with Crippen LogP contribution in [-0.2, 0) is 0 Å². The summed E-state index contributed by atoms with van der Waals surface area (Å²) < 4.78 is 52.2. The summed E-state index contributed by atoms with van der Waals surface area (Å²) in [6.07, 6.45) is 0. The van der Waals surface area contributed by atoms with Crippen molar-refractivity contribution >= 4 is 23.1 Å². The van der Waals surface area contributed by atoms with Crippen LogP contribution in [0.15, 0.2) is 9.24 Å². The molecule has 9 heteroatoms. The van der Waals surface area contributed by atoms with Crippen LogP contribution in [0.25, 0.3) is 0 Å². The maximum atomic E-state index is 13.2. The average molecular weight is 281 g/mol. The molecule has 0 amide bonds. The van der Waals surface area contributed by atoms with E-state index in [1.54, 1.807) is 6.92 Å². The van der Waals surface area contributed by atoms with E-state index >= 15 is 0 Å². The topological polar surface area (TPSA) is 38.7 Å². The van der Waals surface area contributed by atoms with Gasteiger partial charge in [-0.05, 0) is 6.92 Å². The van der Waals surface area contributed by atoms with Gasteiger partial charge in [0.2, 0.25) is 0 Å². The molecule has 17 heavy (non-hydrogen) atoms. The first-order chi connectivity index (χ1) is 7.99. The molecule has 0 spiro atoms. The molecule has 0 saturated carbocycles.